The molecular formula is C10H11F3OS. The first kappa shape index (κ1) is 12.2. The van der Waals surface area contributed by atoms with Gasteiger partial charge in [-0.3, -0.25) is 0 Å². The van der Waals surface area contributed by atoms with E-state index in [0.29, 0.717) is 6.61 Å². The van der Waals surface area contributed by atoms with Gasteiger partial charge in [0, 0.05) is 4.90 Å². The van der Waals surface area contributed by atoms with Crippen LogP contribution in [-0.4, -0.2) is 12.9 Å². The average Bonchev–Trinajstić information content (AvgIpc) is 2.17. The van der Waals surface area contributed by atoms with Gasteiger partial charge >= 0.3 is 6.18 Å². The lowest BCUT2D eigenvalue weighted by atomic mass is 10.2. The molecule has 0 bridgehead atoms. The second-order valence-corrected chi connectivity index (χ2v) is 3.64. The molecule has 0 saturated carbocycles. The van der Waals surface area contributed by atoms with Gasteiger partial charge < -0.3 is 4.74 Å². The van der Waals surface area contributed by atoms with Crippen LogP contribution in [0.3, 0.4) is 0 Å². The number of hydrogen-bond donors (Lipinski definition) is 0. The molecule has 1 nitrogen and oxygen atoms in total. The third kappa shape index (κ3) is 3.06. The van der Waals surface area contributed by atoms with Crippen molar-refractivity contribution in [2.24, 2.45) is 0 Å². The van der Waals surface area contributed by atoms with E-state index in [4.69, 9.17) is 4.74 Å². The molecule has 1 aromatic rings. The summed E-state index contributed by atoms with van der Waals surface area (Å²) in [5.74, 6) is 0.252. The summed E-state index contributed by atoms with van der Waals surface area (Å²) in [5, 5.41) is 0. The van der Waals surface area contributed by atoms with Crippen molar-refractivity contribution in [1.82, 2.24) is 0 Å². The van der Waals surface area contributed by atoms with Crippen LogP contribution in [0.1, 0.15) is 12.5 Å². The van der Waals surface area contributed by atoms with E-state index < -0.39 is 11.7 Å². The molecule has 0 aliphatic rings. The van der Waals surface area contributed by atoms with E-state index in [1.54, 1.807) is 19.2 Å². The van der Waals surface area contributed by atoms with Crippen molar-refractivity contribution in [3.63, 3.8) is 0 Å². The van der Waals surface area contributed by atoms with E-state index in [1.807, 2.05) is 0 Å². The van der Waals surface area contributed by atoms with Crippen molar-refractivity contribution in [3.8, 4) is 5.75 Å². The van der Waals surface area contributed by atoms with Crippen LogP contribution in [0.5, 0.6) is 5.75 Å². The maximum atomic E-state index is 12.6. The van der Waals surface area contributed by atoms with Gasteiger partial charge in [-0.1, -0.05) is 0 Å². The van der Waals surface area contributed by atoms with E-state index in [0.717, 1.165) is 17.8 Å². The molecule has 0 saturated heterocycles. The maximum Gasteiger partial charge on any atom is 0.417 e. The van der Waals surface area contributed by atoms with E-state index in [9.17, 15) is 13.2 Å². The van der Waals surface area contributed by atoms with Crippen LogP contribution >= 0.6 is 11.8 Å². The van der Waals surface area contributed by atoms with E-state index in [1.165, 1.54) is 6.07 Å². The smallest absolute Gasteiger partial charge is 0.417 e. The van der Waals surface area contributed by atoms with Crippen LogP contribution in [0.25, 0.3) is 0 Å². The average molecular weight is 236 g/mol. The summed E-state index contributed by atoms with van der Waals surface area (Å²) in [7, 11) is 0. The predicted molar refractivity (Wildman–Crippen MR) is 54.4 cm³/mol. The number of rotatable bonds is 3. The zero-order chi connectivity index (χ0) is 11.5. The predicted octanol–water partition coefficient (Wildman–Crippen LogP) is 3.83. The first-order valence-electron chi connectivity index (χ1n) is 4.37. The highest BCUT2D eigenvalue weighted by Gasteiger charge is 2.33. The van der Waals surface area contributed by atoms with Gasteiger partial charge in [0.15, 0.2) is 0 Å². The Labute approximate surface area is 90.6 Å². The molecule has 0 radical (unpaired) electrons. The van der Waals surface area contributed by atoms with Gasteiger partial charge in [0.1, 0.15) is 5.75 Å². The Balaban J connectivity index is 3.13. The van der Waals surface area contributed by atoms with E-state index in [-0.39, 0.29) is 10.6 Å². The third-order valence-electron chi connectivity index (χ3n) is 1.79. The van der Waals surface area contributed by atoms with Gasteiger partial charge in [-0.15, -0.1) is 11.8 Å². The molecule has 0 fully saturated rings. The molecule has 0 aliphatic heterocycles. The lowest BCUT2D eigenvalue weighted by Crippen LogP contribution is -2.07. The van der Waals surface area contributed by atoms with Crippen LogP contribution in [-0.2, 0) is 6.18 Å². The molecule has 0 heterocycles. The van der Waals surface area contributed by atoms with Crippen LogP contribution in [0, 0.1) is 0 Å². The van der Waals surface area contributed by atoms with Gasteiger partial charge in [-0.05, 0) is 31.4 Å². The fourth-order valence-electron chi connectivity index (χ4n) is 1.17. The Morgan fingerprint density at radius 3 is 2.47 bits per heavy atom. The standard InChI is InChI=1S/C10H11F3OS/c1-3-14-7-4-5-9(15-2)8(6-7)10(11,12)13/h4-6H,3H2,1-2H3. The molecular weight excluding hydrogens is 225 g/mol. The fraction of sp³-hybridized carbons (Fsp3) is 0.400. The van der Waals surface area contributed by atoms with Gasteiger partial charge in [0.25, 0.3) is 0 Å². The topological polar surface area (TPSA) is 9.23 Å². The molecule has 0 N–H and O–H groups in total. The molecule has 0 aliphatic carbocycles. The zero-order valence-electron chi connectivity index (χ0n) is 8.39. The second-order valence-electron chi connectivity index (χ2n) is 2.79. The molecule has 1 rings (SSSR count). The van der Waals surface area contributed by atoms with Crippen LogP contribution in [0.2, 0.25) is 0 Å². The van der Waals surface area contributed by atoms with Crippen LogP contribution < -0.4 is 4.74 Å². The van der Waals surface area contributed by atoms with Crippen molar-refractivity contribution in [1.29, 1.82) is 0 Å². The number of benzene rings is 1. The lowest BCUT2D eigenvalue weighted by molar-refractivity contribution is -0.139. The third-order valence-corrected chi connectivity index (χ3v) is 2.58. The normalized spacial score (nSPS) is 11.5. The molecule has 1 aromatic carbocycles. The molecule has 0 unspecified atom stereocenters. The first-order valence-corrected chi connectivity index (χ1v) is 5.59. The van der Waals surface area contributed by atoms with Gasteiger partial charge in [-0.25, -0.2) is 0 Å². The molecule has 0 atom stereocenters. The summed E-state index contributed by atoms with van der Waals surface area (Å²) < 4.78 is 42.8. The highest BCUT2D eigenvalue weighted by Crippen LogP contribution is 2.37. The fourth-order valence-corrected chi connectivity index (χ4v) is 1.76. The largest absolute Gasteiger partial charge is 0.494 e. The molecule has 0 amide bonds. The Morgan fingerprint density at radius 2 is 2.00 bits per heavy atom. The van der Waals surface area contributed by atoms with Crippen LogP contribution in [0.15, 0.2) is 23.1 Å². The highest BCUT2D eigenvalue weighted by atomic mass is 32.2. The molecule has 0 spiro atoms. The second kappa shape index (κ2) is 4.79. The highest BCUT2D eigenvalue weighted by molar-refractivity contribution is 7.98. The molecule has 84 valence electrons. The van der Waals surface area contributed by atoms with Crippen molar-refractivity contribution in [3.05, 3.63) is 23.8 Å². The summed E-state index contributed by atoms with van der Waals surface area (Å²) in [6.45, 7) is 2.09. The number of alkyl halides is 3. The monoisotopic (exact) mass is 236 g/mol. The molecule has 5 heteroatoms. The summed E-state index contributed by atoms with van der Waals surface area (Å²) >= 11 is 1.07. The summed E-state index contributed by atoms with van der Waals surface area (Å²) in [5.41, 5.74) is -0.638. The van der Waals surface area contributed by atoms with E-state index >= 15 is 0 Å². The number of ether oxygens (including phenoxy) is 1. The van der Waals surface area contributed by atoms with Crippen LogP contribution in [0.4, 0.5) is 13.2 Å². The Hall–Kier alpha value is -0.840. The van der Waals surface area contributed by atoms with Crippen molar-refractivity contribution in [2.45, 2.75) is 18.0 Å². The summed E-state index contributed by atoms with van der Waals surface area (Å²) in [6.07, 6.45) is -2.71. The van der Waals surface area contributed by atoms with Crippen molar-refractivity contribution in [2.75, 3.05) is 12.9 Å². The maximum absolute atomic E-state index is 12.6. The minimum Gasteiger partial charge on any atom is -0.494 e. The Bertz CT molecular complexity index is 336. The minimum absolute atomic E-state index is 0.214. The first-order chi connectivity index (χ1) is 6.99. The number of halogens is 3. The molecule has 15 heavy (non-hydrogen) atoms. The molecule has 0 aromatic heterocycles. The summed E-state index contributed by atoms with van der Waals surface area (Å²) in [6, 6.07) is 4.01. The van der Waals surface area contributed by atoms with Gasteiger partial charge in [0.2, 0.25) is 0 Å². The number of thioether (sulfide) groups is 1. The van der Waals surface area contributed by atoms with Gasteiger partial charge in [0.05, 0.1) is 12.2 Å². The van der Waals surface area contributed by atoms with Crippen molar-refractivity contribution < 1.29 is 17.9 Å². The quantitative estimate of drug-likeness (QED) is 0.738. The number of hydrogen-bond acceptors (Lipinski definition) is 2. The minimum atomic E-state index is -4.33. The zero-order valence-corrected chi connectivity index (χ0v) is 9.21. The van der Waals surface area contributed by atoms with Crippen molar-refractivity contribution >= 4 is 11.8 Å². The Morgan fingerprint density at radius 1 is 1.33 bits per heavy atom. The Kier molecular flexibility index (Phi) is 3.90. The van der Waals surface area contributed by atoms with E-state index in [2.05, 4.69) is 0 Å². The SMILES string of the molecule is CCOc1ccc(SC)c(C(F)(F)F)c1. The summed E-state index contributed by atoms with van der Waals surface area (Å²) in [4.78, 5) is 0.214. The van der Waals surface area contributed by atoms with Gasteiger partial charge in [-0.2, -0.15) is 13.2 Å². The lowest BCUT2D eigenvalue weighted by Gasteiger charge is -2.13.